The van der Waals surface area contributed by atoms with Gasteiger partial charge in [0.25, 0.3) is 5.69 Å². The highest BCUT2D eigenvalue weighted by Crippen LogP contribution is 2.26. The number of hydrogen-bond donors (Lipinski definition) is 0. The minimum absolute atomic E-state index is 0.0861. The molecule has 0 amide bonds. The Bertz CT molecular complexity index is 772. The number of non-ortho nitro benzene ring substituents is 1. The van der Waals surface area contributed by atoms with Crippen LogP contribution in [-0.4, -0.2) is 50.7 Å². The summed E-state index contributed by atoms with van der Waals surface area (Å²) >= 11 is 0. The van der Waals surface area contributed by atoms with Crippen LogP contribution in [0, 0.1) is 10.1 Å². The molecule has 0 aromatic heterocycles. The van der Waals surface area contributed by atoms with Gasteiger partial charge in [0.2, 0.25) is 10.0 Å². The molecule has 21 heavy (non-hydrogen) atoms. The fraction of sp³-hybridized carbons (Fsp3) is 0.455. The van der Waals surface area contributed by atoms with E-state index >= 15 is 0 Å². The molecule has 116 valence electrons. The van der Waals surface area contributed by atoms with Gasteiger partial charge in [-0.25, -0.2) is 16.8 Å². The van der Waals surface area contributed by atoms with Gasteiger partial charge in [0, 0.05) is 31.5 Å². The largest absolute Gasteiger partial charge is 0.270 e. The van der Waals surface area contributed by atoms with Crippen LogP contribution in [-0.2, 0) is 19.9 Å². The van der Waals surface area contributed by atoms with Crippen molar-refractivity contribution in [2.75, 3.05) is 19.3 Å². The van der Waals surface area contributed by atoms with E-state index in [1.54, 1.807) is 0 Å². The average Bonchev–Trinajstić information content (AvgIpc) is 2.89. The first-order valence-corrected chi connectivity index (χ1v) is 9.45. The predicted octanol–water partition coefficient (Wildman–Crippen LogP) is 0.402. The van der Waals surface area contributed by atoms with Crippen LogP contribution in [0.2, 0.25) is 0 Å². The lowest BCUT2D eigenvalue weighted by Gasteiger charge is -2.16. The van der Waals surface area contributed by atoms with Crippen molar-refractivity contribution in [2.24, 2.45) is 0 Å². The summed E-state index contributed by atoms with van der Waals surface area (Å²) < 4.78 is 48.8. The maximum atomic E-state index is 12.4. The van der Waals surface area contributed by atoms with Crippen molar-refractivity contribution < 1.29 is 21.8 Å². The molecule has 1 fully saturated rings. The van der Waals surface area contributed by atoms with E-state index < -0.39 is 30.0 Å². The summed E-state index contributed by atoms with van der Waals surface area (Å²) in [7, 11) is -7.24. The van der Waals surface area contributed by atoms with Crippen molar-refractivity contribution in [3.05, 3.63) is 34.4 Å². The molecule has 1 unspecified atom stereocenters. The molecule has 0 radical (unpaired) electrons. The summed E-state index contributed by atoms with van der Waals surface area (Å²) in [5.74, 6) is 0. The van der Waals surface area contributed by atoms with Gasteiger partial charge in [-0.3, -0.25) is 10.1 Å². The molecule has 1 aliphatic heterocycles. The summed E-state index contributed by atoms with van der Waals surface area (Å²) in [5, 5.41) is 9.97. The average molecular weight is 334 g/mol. The third-order valence-electron chi connectivity index (χ3n) is 3.38. The van der Waals surface area contributed by atoms with E-state index in [9.17, 15) is 26.9 Å². The Balaban J connectivity index is 2.32. The first-order valence-electron chi connectivity index (χ1n) is 6.06. The number of benzene rings is 1. The van der Waals surface area contributed by atoms with Crippen molar-refractivity contribution in [1.82, 2.24) is 4.31 Å². The molecule has 1 aliphatic rings. The first kappa shape index (κ1) is 15.9. The highest BCUT2D eigenvalue weighted by Gasteiger charge is 2.37. The number of nitrogens with zero attached hydrogens (tertiary/aromatic N) is 2. The monoisotopic (exact) mass is 334 g/mol. The maximum Gasteiger partial charge on any atom is 0.270 e. The van der Waals surface area contributed by atoms with Gasteiger partial charge in [0.15, 0.2) is 9.84 Å². The Morgan fingerprint density at radius 2 is 1.95 bits per heavy atom. The van der Waals surface area contributed by atoms with Crippen LogP contribution >= 0.6 is 0 Å². The fourth-order valence-corrected chi connectivity index (χ4v) is 4.79. The Kier molecular flexibility index (Phi) is 4.04. The summed E-state index contributed by atoms with van der Waals surface area (Å²) in [5.41, 5.74) is -0.324. The SMILES string of the molecule is CS(=O)(=O)C1CCN(S(=O)(=O)c2cccc([N+](=O)[O-])c2)C1. The number of sulfone groups is 1. The number of hydrogen-bond acceptors (Lipinski definition) is 6. The van der Waals surface area contributed by atoms with Crippen LogP contribution in [0.5, 0.6) is 0 Å². The van der Waals surface area contributed by atoms with Gasteiger partial charge >= 0.3 is 0 Å². The highest BCUT2D eigenvalue weighted by molar-refractivity contribution is 7.91. The van der Waals surface area contributed by atoms with Crippen molar-refractivity contribution in [1.29, 1.82) is 0 Å². The third-order valence-corrected chi connectivity index (χ3v) is 6.84. The molecule has 0 N–H and O–H groups in total. The van der Waals surface area contributed by atoms with Crippen LogP contribution in [0.3, 0.4) is 0 Å². The molecule has 1 aromatic rings. The van der Waals surface area contributed by atoms with E-state index in [2.05, 4.69) is 0 Å². The first-order chi connectivity index (χ1) is 9.62. The van der Waals surface area contributed by atoms with Crippen LogP contribution < -0.4 is 0 Å². The van der Waals surface area contributed by atoms with E-state index in [0.717, 1.165) is 16.6 Å². The van der Waals surface area contributed by atoms with Gasteiger partial charge in [0.1, 0.15) is 0 Å². The molecule has 10 heteroatoms. The topological polar surface area (TPSA) is 115 Å². The Labute approximate surface area is 122 Å². The van der Waals surface area contributed by atoms with E-state index in [1.165, 1.54) is 18.2 Å². The van der Waals surface area contributed by atoms with Gasteiger partial charge in [-0.1, -0.05) is 6.07 Å². The summed E-state index contributed by atoms with van der Waals surface area (Å²) in [6.45, 7) is -0.0351. The molecule has 2 rings (SSSR count). The van der Waals surface area contributed by atoms with Gasteiger partial charge in [0.05, 0.1) is 15.1 Å². The molecule has 0 spiro atoms. The normalized spacial score (nSPS) is 20.5. The zero-order valence-corrected chi connectivity index (χ0v) is 12.8. The minimum atomic E-state index is -3.92. The molecule has 0 bridgehead atoms. The molecular formula is C11H14N2O6S2. The Hall–Kier alpha value is -1.52. The molecule has 1 heterocycles. The fourth-order valence-electron chi connectivity index (χ4n) is 2.17. The van der Waals surface area contributed by atoms with E-state index in [-0.39, 0.29) is 30.1 Å². The van der Waals surface area contributed by atoms with Crippen LogP contribution in [0.15, 0.2) is 29.2 Å². The second-order valence-electron chi connectivity index (χ2n) is 4.86. The number of nitro benzene ring substituents is 1. The Morgan fingerprint density at radius 3 is 2.48 bits per heavy atom. The standard InChI is InChI=1S/C11H14N2O6S2/c1-20(16,17)11-5-6-12(8-11)21(18,19)10-4-2-3-9(7-10)13(14)15/h2-4,7,11H,5-6,8H2,1H3. The van der Waals surface area contributed by atoms with Crippen LogP contribution in [0.1, 0.15) is 6.42 Å². The third kappa shape index (κ3) is 3.22. The zero-order chi connectivity index (χ0) is 15.8. The molecule has 0 saturated carbocycles. The summed E-state index contributed by atoms with van der Waals surface area (Å²) in [4.78, 5) is 9.82. The molecule has 0 aliphatic carbocycles. The molecular weight excluding hydrogens is 320 g/mol. The second kappa shape index (κ2) is 5.35. The lowest BCUT2D eigenvalue weighted by atomic mass is 10.3. The van der Waals surface area contributed by atoms with Gasteiger partial charge < -0.3 is 0 Å². The lowest BCUT2D eigenvalue weighted by Crippen LogP contribution is -2.31. The quantitative estimate of drug-likeness (QED) is 0.581. The summed E-state index contributed by atoms with van der Waals surface area (Å²) in [6, 6.07) is 4.72. The van der Waals surface area contributed by atoms with Gasteiger partial charge in [-0.15, -0.1) is 0 Å². The smallest absolute Gasteiger partial charge is 0.258 e. The number of nitro groups is 1. The number of sulfonamides is 1. The van der Waals surface area contributed by atoms with Crippen molar-refractivity contribution in [3.63, 3.8) is 0 Å². The van der Waals surface area contributed by atoms with Crippen LogP contribution in [0.4, 0.5) is 5.69 Å². The van der Waals surface area contributed by atoms with E-state index in [4.69, 9.17) is 0 Å². The van der Waals surface area contributed by atoms with E-state index in [0.29, 0.717) is 0 Å². The zero-order valence-electron chi connectivity index (χ0n) is 11.2. The van der Waals surface area contributed by atoms with E-state index in [1.807, 2.05) is 0 Å². The molecule has 1 atom stereocenters. The molecule has 8 nitrogen and oxygen atoms in total. The molecule has 1 saturated heterocycles. The van der Waals surface area contributed by atoms with Gasteiger partial charge in [-0.2, -0.15) is 4.31 Å². The van der Waals surface area contributed by atoms with Crippen molar-refractivity contribution in [3.8, 4) is 0 Å². The highest BCUT2D eigenvalue weighted by atomic mass is 32.2. The Morgan fingerprint density at radius 1 is 1.29 bits per heavy atom. The lowest BCUT2D eigenvalue weighted by molar-refractivity contribution is -0.385. The summed E-state index contributed by atoms with van der Waals surface area (Å²) in [6.07, 6.45) is 1.30. The van der Waals surface area contributed by atoms with Gasteiger partial charge in [-0.05, 0) is 12.5 Å². The molecule has 1 aromatic carbocycles. The van der Waals surface area contributed by atoms with Crippen LogP contribution in [0.25, 0.3) is 0 Å². The predicted molar refractivity (Wildman–Crippen MR) is 75.1 cm³/mol. The minimum Gasteiger partial charge on any atom is -0.258 e. The van der Waals surface area contributed by atoms with Crippen molar-refractivity contribution >= 4 is 25.5 Å². The maximum absolute atomic E-state index is 12.4. The van der Waals surface area contributed by atoms with Crippen molar-refractivity contribution in [2.45, 2.75) is 16.6 Å². The number of rotatable bonds is 4. The second-order valence-corrected chi connectivity index (χ2v) is 9.12.